The molecule has 0 aliphatic rings. The van der Waals surface area contributed by atoms with Gasteiger partial charge in [-0.2, -0.15) is 0 Å². The summed E-state index contributed by atoms with van der Waals surface area (Å²) in [4.78, 5) is 46.2. The van der Waals surface area contributed by atoms with Gasteiger partial charge < -0.3 is 14.6 Å². The highest BCUT2D eigenvalue weighted by atomic mass is 16.6. The van der Waals surface area contributed by atoms with Gasteiger partial charge in [0.15, 0.2) is 6.61 Å². The molecule has 1 aromatic carbocycles. The number of nitrogens with one attached hydrogen (secondary N) is 1. The smallest absolute Gasteiger partial charge is 0.325 e. The van der Waals surface area contributed by atoms with Gasteiger partial charge in [-0.1, -0.05) is 6.07 Å². The second-order valence-corrected chi connectivity index (χ2v) is 6.10. The zero-order chi connectivity index (χ0) is 20.8. The first-order valence-corrected chi connectivity index (χ1v) is 8.62. The van der Waals surface area contributed by atoms with E-state index in [1.165, 1.54) is 18.2 Å². The lowest BCUT2D eigenvalue weighted by molar-refractivity contribution is -0.384. The summed E-state index contributed by atoms with van der Waals surface area (Å²) < 4.78 is 6.90. The Kier molecular flexibility index (Phi) is 6.64. The van der Waals surface area contributed by atoms with Gasteiger partial charge in [0.05, 0.1) is 4.92 Å². The number of nitrogens with zero attached hydrogens (tertiary/aromatic N) is 2. The number of aryl methyl sites for hydroxylation is 1. The van der Waals surface area contributed by atoms with Crippen LogP contribution >= 0.6 is 0 Å². The van der Waals surface area contributed by atoms with Gasteiger partial charge in [0.25, 0.3) is 11.6 Å². The Hall–Kier alpha value is -3.49. The number of non-ortho nitro benzene ring substituents is 1. The predicted octanol–water partition coefficient (Wildman–Crippen LogP) is 2.19. The van der Waals surface area contributed by atoms with Crippen LogP contribution in [-0.2, 0) is 16.1 Å². The van der Waals surface area contributed by atoms with Gasteiger partial charge in [-0.25, -0.2) is 0 Å². The number of ketones is 1. The van der Waals surface area contributed by atoms with Crippen LogP contribution < -0.4 is 5.32 Å². The van der Waals surface area contributed by atoms with Gasteiger partial charge in [0, 0.05) is 41.2 Å². The maximum atomic E-state index is 12.3. The Morgan fingerprint density at radius 1 is 1.21 bits per heavy atom. The van der Waals surface area contributed by atoms with Crippen molar-refractivity contribution >= 4 is 23.3 Å². The van der Waals surface area contributed by atoms with Gasteiger partial charge in [0.1, 0.15) is 6.54 Å². The molecular weight excluding hydrogens is 366 g/mol. The third-order valence-electron chi connectivity index (χ3n) is 4.27. The summed E-state index contributed by atoms with van der Waals surface area (Å²) in [7, 11) is 0. The van der Waals surface area contributed by atoms with Crippen molar-refractivity contribution in [3.05, 3.63) is 63.0 Å². The second kappa shape index (κ2) is 8.94. The molecule has 9 heteroatoms. The minimum absolute atomic E-state index is 0.0464. The largest absolute Gasteiger partial charge is 0.456 e. The van der Waals surface area contributed by atoms with Crippen LogP contribution in [0.25, 0.3) is 0 Å². The van der Waals surface area contributed by atoms with Crippen molar-refractivity contribution < 1.29 is 24.0 Å². The number of ether oxygens (including phenoxy) is 1. The molecule has 0 aliphatic heterocycles. The number of hydrogen-bond acceptors (Lipinski definition) is 6. The third kappa shape index (κ3) is 4.81. The van der Waals surface area contributed by atoms with Crippen LogP contribution in [-0.4, -0.2) is 40.3 Å². The molecule has 0 spiro atoms. The minimum Gasteiger partial charge on any atom is -0.456 e. The van der Waals surface area contributed by atoms with E-state index in [0.717, 1.165) is 24.0 Å². The molecule has 1 N–H and O–H groups in total. The Morgan fingerprint density at radius 3 is 2.54 bits per heavy atom. The Bertz CT molecular complexity index is 932. The molecular formula is C19H21N3O6. The standard InChI is InChI=1S/C19H21N3O6/c1-4-21-12(2)8-16(13(21)3)17(23)11-28-18(24)10-20-19(25)14-6-5-7-15(9-14)22(26)27/h5-9H,4,10-11H2,1-3H3,(H,20,25). The minimum atomic E-state index is -0.781. The molecule has 0 saturated heterocycles. The molecule has 1 heterocycles. The lowest BCUT2D eigenvalue weighted by Crippen LogP contribution is -2.31. The molecule has 28 heavy (non-hydrogen) atoms. The summed E-state index contributed by atoms with van der Waals surface area (Å²) in [6.45, 7) is 5.53. The molecule has 0 bridgehead atoms. The number of rotatable bonds is 8. The first-order valence-electron chi connectivity index (χ1n) is 8.62. The first-order chi connectivity index (χ1) is 13.2. The molecule has 0 atom stereocenters. The number of esters is 1. The molecule has 1 aromatic heterocycles. The predicted molar refractivity (Wildman–Crippen MR) is 100 cm³/mol. The van der Waals surface area contributed by atoms with E-state index >= 15 is 0 Å². The number of Topliss-reactive ketones (excluding diaryl/α,β-unsaturated/α-hetero) is 1. The van der Waals surface area contributed by atoms with Gasteiger partial charge in [0.2, 0.25) is 5.78 Å². The summed E-state index contributed by atoms with van der Waals surface area (Å²) in [5, 5.41) is 13.1. The van der Waals surface area contributed by atoms with E-state index in [-0.39, 0.29) is 17.0 Å². The Labute approximate surface area is 161 Å². The van der Waals surface area contributed by atoms with Crippen molar-refractivity contribution in [2.24, 2.45) is 0 Å². The number of amides is 1. The fraction of sp³-hybridized carbons (Fsp3) is 0.316. The quantitative estimate of drug-likeness (QED) is 0.321. The average molecular weight is 387 g/mol. The molecule has 0 aliphatic carbocycles. The second-order valence-electron chi connectivity index (χ2n) is 6.10. The van der Waals surface area contributed by atoms with Crippen LogP contribution in [0.1, 0.15) is 39.0 Å². The van der Waals surface area contributed by atoms with Crippen LogP contribution in [0.5, 0.6) is 0 Å². The monoisotopic (exact) mass is 387 g/mol. The number of carbonyl (C=O) groups is 3. The van der Waals surface area contributed by atoms with E-state index in [2.05, 4.69) is 5.32 Å². The fourth-order valence-electron chi connectivity index (χ4n) is 2.86. The van der Waals surface area contributed by atoms with E-state index in [1.807, 2.05) is 25.3 Å². The third-order valence-corrected chi connectivity index (χ3v) is 4.27. The van der Waals surface area contributed by atoms with Crippen LogP contribution in [0.3, 0.4) is 0 Å². The summed E-state index contributed by atoms with van der Waals surface area (Å²) in [6, 6.07) is 6.87. The lowest BCUT2D eigenvalue weighted by atomic mass is 10.1. The number of nitro benzene ring substituents is 1. The average Bonchev–Trinajstić information content (AvgIpc) is 2.97. The molecule has 148 valence electrons. The number of benzene rings is 1. The SMILES string of the molecule is CCn1c(C)cc(C(=O)COC(=O)CNC(=O)c2cccc([N+](=O)[O-])c2)c1C. The number of carbonyl (C=O) groups excluding carboxylic acids is 3. The summed E-state index contributed by atoms with van der Waals surface area (Å²) >= 11 is 0. The summed E-state index contributed by atoms with van der Waals surface area (Å²) in [5.74, 6) is -1.76. The number of hydrogen-bond donors (Lipinski definition) is 1. The topological polar surface area (TPSA) is 121 Å². The van der Waals surface area contributed by atoms with Crippen molar-refractivity contribution in [3.63, 3.8) is 0 Å². The van der Waals surface area contributed by atoms with Crippen molar-refractivity contribution in [3.8, 4) is 0 Å². The molecule has 2 rings (SSSR count). The zero-order valence-electron chi connectivity index (χ0n) is 15.9. The molecule has 0 unspecified atom stereocenters. The van der Waals surface area contributed by atoms with E-state index in [9.17, 15) is 24.5 Å². The van der Waals surface area contributed by atoms with Crippen LogP contribution in [0.2, 0.25) is 0 Å². The normalized spacial score (nSPS) is 10.4. The van der Waals surface area contributed by atoms with Crippen LogP contribution in [0, 0.1) is 24.0 Å². The molecule has 9 nitrogen and oxygen atoms in total. The molecule has 0 fully saturated rings. The van der Waals surface area contributed by atoms with Crippen molar-refractivity contribution in [1.82, 2.24) is 9.88 Å². The van der Waals surface area contributed by atoms with Gasteiger partial charge in [-0.15, -0.1) is 0 Å². The molecule has 0 saturated carbocycles. The highest BCUT2D eigenvalue weighted by Crippen LogP contribution is 2.16. The Morgan fingerprint density at radius 2 is 1.93 bits per heavy atom. The maximum Gasteiger partial charge on any atom is 0.325 e. The van der Waals surface area contributed by atoms with Gasteiger partial charge in [-0.05, 0) is 32.9 Å². The first kappa shape index (κ1) is 20.8. The summed E-state index contributed by atoms with van der Waals surface area (Å²) in [5.41, 5.74) is 2.06. The fourth-order valence-corrected chi connectivity index (χ4v) is 2.86. The summed E-state index contributed by atoms with van der Waals surface area (Å²) in [6.07, 6.45) is 0. The number of aromatic nitrogens is 1. The molecule has 0 radical (unpaired) electrons. The van der Waals surface area contributed by atoms with Crippen molar-refractivity contribution in [2.75, 3.05) is 13.2 Å². The Balaban J connectivity index is 1.87. The molecule has 2 aromatic rings. The zero-order valence-corrected chi connectivity index (χ0v) is 15.9. The van der Waals surface area contributed by atoms with E-state index < -0.39 is 30.0 Å². The molecule has 1 amide bonds. The van der Waals surface area contributed by atoms with Gasteiger partial charge >= 0.3 is 5.97 Å². The van der Waals surface area contributed by atoms with Crippen molar-refractivity contribution in [2.45, 2.75) is 27.3 Å². The highest BCUT2D eigenvalue weighted by Gasteiger charge is 2.17. The number of nitro groups is 1. The van der Waals surface area contributed by atoms with Crippen LogP contribution in [0.4, 0.5) is 5.69 Å². The van der Waals surface area contributed by atoms with Gasteiger partial charge in [-0.3, -0.25) is 24.5 Å². The lowest BCUT2D eigenvalue weighted by Gasteiger charge is -2.07. The maximum absolute atomic E-state index is 12.3. The van der Waals surface area contributed by atoms with Crippen molar-refractivity contribution in [1.29, 1.82) is 0 Å². The van der Waals surface area contributed by atoms with E-state index in [1.54, 1.807) is 6.07 Å². The van der Waals surface area contributed by atoms with E-state index in [4.69, 9.17) is 4.74 Å². The van der Waals surface area contributed by atoms with E-state index in [0.29, 0.717) is 5.56 Å². The van der Waals surface area contributed by atoms with Crippen LogP contribution in [0.15, 0.2) is 30.3 Å². The highest BCUT2D eigenvalue weighted by molar-refractivity contribution is 6.00.